The van der Waals surface area contributed by atoms with Crippen LogP contribution in [0.3, 0.4) is 0 Å². The fourth-order valence-electron chi connectivity index (χ4n) is 3.74. The summed E-state index contributed by atoms with van der Waals surface area (Å²) in [4.78, 5) is 89.2. The van der Waals surface area contributed by atoms with Gasteiger partial charge >= 0.3 is 18.1 Å². The topological polar surface area (TPSA) is 239 Å². The molecule has 1 aromatic carbocycles. The molecule has 1 unspecified atom stereocenters. The highest BCUT2D eigenvalue weighted by molar-refractivity contribution is 5.85. The Morgan fingerprint density at radius 1 is 0.891 bits per heavy atom. The molecule has 46 heavy (non-hydrogen) atoms. The van der Waals surface area contributed by atoms with E-state index in [-0.39, 0.29) is 50.8 Å². The van der Waals surface area contributed by atoms with Gasteiger partial charge in [-0.3, -0.25) is 19.2 Å². The third-order valence-electron chi connectivity index (χ3n) is 6.31. The molecule has 6 amide bonds. The standard InChI is InChI=1S/C29H45N7O10/c1-20(37)7-4-5-9-24(38)32-17-25(39)33-23(8-6-15-31-28(30)43)34-46-22-12-10-21(11-13-22)19-45-29(44)35(2)16-14-26(40)36(3)18-27(41)42/h10-13,23,34H,4-9,14-19H2,1-3H3,(H,32,38)(H,33,39)(H,41,42)(H3,30,31,43). The van der Waals surface area contributed by atoms with E-state index in [1.54, 1.807) is 24.3 Å². The molecule has 0 saturated heterocycles. The number of rotatable bonds is 22. The minimum absolute atomic E-state index is 0.0466. The lowest BCUT2D eigenvalue weighted by molar-refractivity contribution is -0.143. The Morgan fingerprint density at radius 2 is 1.57 bits per heavy atom. The van der Waals surface area contributed by atoms with Gasteiger partial charge in [-0.15, -0.1) is 5.48 Å². The molecule has 0 saturated carbocycles. The summed E-state index contributed by atoms with van der Waals surface area (Å²) in [5.74, 6) is -1.90. The maximum absolute atomic E-state index is 12.5. The number of amides is 6. The fraction of sp³-hybridized carbons (Fsp3) is 0.552. The van der Waals surface area contributed by atoms with E-state index < -0.39 is 42.6 Å². The van der Waals surface area contributed by atoms with Crippen LogP contribution in [0.4, 0.5) is 9.59 Å². The van der Waals surface area contributed by atoms with Gasteiger partial charge in [0.1, 0.15) is 30.9 Å². The normalized spacial score (nSPS) is 11.0. The quantitative estimate of drug-likeness (QED) is 0.0563. The number of aliphatic carboxylic acids is 1. The summed E-state index contributed by atoms with van der Waals surface area (Å²) >= 11 is 0. The van der Waals surface area contributed by atoms with Gasteiger partial charge in [0.2, 0.25) is 17.7 Å². The van der Waals surface area contributed by atoms with Crippen LogP contribution in [0.2, 0.25) is 0 Å². The number of hydrogen-bond acceptors (Lipinski definition) is 10. The number of Topliss-reactive ketones (excluding diaryl/α,β-unsaturated/α-hetero) is 1. The molecule has 0 heterocycles. The number of ether oxygens (including phenoxy) is 1. The second-order valence-corrected chi connectivity index (χ2v) is 10.5. The van der Waals surface area contributed by atoms with Crippen LogP contribution in [0.1, 0.15) is 57.4 Å². The zero-order chi connectivity index (χ0) is 34.5. The van der Waals surface area contributed by atoms with Crippen molar-refractivity contribution in [3.8, 4) is 5.75 Å². The van der Waals surface area contributed by atoms with E-state index in [9.17, 15) is 33.6 Å². The number of primary amides is 1. The molecule has 0 spiro atoms. The second-order valence-electron chi connectivity index (χ2n) is 10.5. The molecule has 256 valence electrons. The number of unbranched alkanes of at least 4 members (excludes halogenated alkanes) is 1. The maximum atomic E-state index is 12.5. The molecular weight excluding hydrogens is 606 g/mol. The first kappa shape index (κ1) is 39.1. The van der Waals surface area contributed by atoms with Crippen LogP contribution in [-0.4, -0.2) is 103 Å². The van der Waals surface area contributed by atoms with Crippen LogP contribution in [0, 0.1) is 0 Å². The number of carboxylic acids is 1. The molecule has 1 atom stereocenters. The van der Waals surface area contributed by atoms with Crippen molar-refractivity contribution in [3.05, 3.63) is 29.8 Å². The summed E-state index contributed by atoms with van der Waals surface area (Å²) in [6, 6.07) is 5.85. The maximum Gasteiger partial charge on any atom is 0.409 e. The Morgan fingerprint density at radius 3 is 2.20 bits per heavy atom. The molecule has 0 radical (unpaired) electrons. The lowest BCUT2D eigenvalue weighted by atomic mass is 10.1. The zero-order valence-electron chi connectivity index (χ0n) is 26.5. The molecule has 1 rings (SSSR count). The summed E-state index contributed by atoms with van der Waals surface area (Å²) in [5, 5.41) is 16.5. The first-order valence-electron chi connectivity index (χ1n) is 14.7. The second kappa shape index (κ2) is 21.7. The monoisotopic (exact) mass is 651 g/mol. The number of nitrogens with one attached hydrogen (secondary N) is 4. The van der Waals surface area contributed by atoms with Crippen LogP contribution in [0.25, 0.3) is 0 Å². The van der Waals surface area contributed by atoms with Crippen molar-refractivity contribution in [2.45, 2.75) is 64.6 Å². The van der Waals surface area contributed by atoms with E-state index in [4.69, 9.17) is 20.4 Å². The minimum atomic E-state index is -1.13. The third kappa shape index (κ3) is 18.7. The number of hydrogen-bond donors (Lipinski definition) is 6. The molecule has 0 fully saturated rings. The van der Waals surface area contributed by atoms with Crippen molar-refractivity contribution >= 4 is 41.6 Å². The van der Waals surface area contributed by atoms with Crippen LogP contribution < -0.4 is 32.0 Å². The predicted molar refractivity (Wildman–Crippen MR) is 164 cm³/mol. The van der Waals surface area contributed by atoms with Gasteiger partial charge in [-0.2, -0.15) is 0 Å². The van der Waals surface area contributed by atoms with E-state index in [1.165, 1.54) is 25.9 Å². The molecule has 7 N–H and O–H groups in total. The smallest absolute Gasteiger partial charge is 0.409 e. The summed E-state index contributed by atoms with van der Waals surface area (Å²) in [6.07, 6.45) is 1.11. The van der Waals surface area contributed by atoms with Gasteiger partial charge in [0.25, 0.3) is 0 Å². The SMILES string of the molecule is CC(=O)CCCCC(=O)NCC(=O)NC(CCCNC(N)=O)NOc1ccc(COC(=O)N(C)CCC(=O)N(C)CC(=O)O)cc1. The molecule has 0 aliphatic rings. The molecule has 1 aromatic rings. The third-order valence-corrected chi connectivity index (χ3v) is 6.31. The summed E-state index contributed by atoms with van der Waals surface area (Å²) < 4.78 is 5.26. The molecular formula is C29H45N7O10. The van der Waals surface area contributed by atoms with Crippen molar-refractivity contribution in [2.24, 2.45) is 5.73 Å². The first-order valence-corrected chi connectivity index (χ1v) is 14.7. The van der Waals surface area contributed by atoms with Crippen LogP contribution in [-0.2, 0) is 35.3 Å². The Labute approximate surface area is 267 Å². The van der Waals surface area contributed by atoms with Gasteiger partial charge in [-0.25, -0.2) is 9.59 Å². The predicted octanol–water partition coefficient (Wildman–Crippen LogP) is 0.228. The van der Waals surface area contributed by atoms with Gasteiger partial charge in [0.15, 0.2) is 0 Å². The average molecular weight is 652 g/mol. The molecule has 0 aromatic heterocycles. The van der Waals surface area contributed by atoms with E-state index in [0.717, 1.165) is 4.90 Å². The Balaban J connectivity index is 2.55. The van der Waals surface area contributed by atoms with Gasteiger partial charge in [-0.1, -0.05) is 12.1 Å². The largest absolute Gasteiger partial charge is 0.480 e. The number of carbonyl (C=O) groups is 7. The molecule has 17 heteroatoms. The van der Waals surface area contributed by atoms with Crippen LogP contribution in [0.15, 0.2) is 24.3 Å². The van der Waals surface area contributed by atoms with Crippen molar-refractivity contribution in [2.75, 3.05) is 40.3 Å². The fourth-order valence-corrected chi connectivity index (χ4v) is 3.74. The van der Waals surface area contributed by atoms with E-state index in [1.807, 2.05) is 0 Å². The highest BCUT2D eigenvalue weighted by atomic mass is 16.6. The summed E-state index contributed by atoms with van der Waals surface area (Å²) in [7, 11) is 2.82. The zero-order valence-corrected chi connectivity index (χ0v) is 26.5. The molecule has 0 bridgehead atoms. The lowest BCUT2D eigenvalue weighted by Gasteiger charge is -2.21. The van der Waals surface area contributed by atoms with Gasteiger partial charge in [-0.05, 0) is 50.3 Å². The summed E-state index contributed by atoms with van der Waals surface area (Å²) in [5.41, 5.74) is 8.48. The number of carboxylic acid groups (broad SMARTS) is 1. The van der Waals surface area contributed by atoms with Crippen molar-refractivity contribution < 1.29 is 48.2 Å². The van der Waals surface area contributed by atoms with Crippen LogP contribution in [0.5, 0.6) is 5.75 Å². The number of nitrogens with two attached hydrogens (primary N) is 1. The molecule has 17 nitrogen and oxygen atoms in total. The summed E-state index contributed by atoms with van der Waals surface area (Å²) in [6.45, 7) is 1.05. The average Bonchev–Trinajstić information content (AvgIpc) is 3.00. The number of urea groups is 1. The van der Waals surface area contributed by atoms with Crippen molar-refractivity contribution in [1.29, 1.82) is 0 Å². The van der Waals surface area contributed by atoms with Gasteiger partial charge in [0, 0.05) is 46.4 Å². The van der Waals surface area contributed by atoms with Crippen LogP contribution >= 0.6 is 0 Å². The van der Waals surface area contributed by atoms with Gasteiger partial charge in [0.05, 0.1) is 6.54 Å². The minimum Gasteiger partial charge on any atom is -0.480 e. The number of hydroxylamine groups is 1. The number of ketones is 1. The Kier molecular flexibility index (Phi) is 18.5. The number of nitrogens with zero attached hydrogens (tertiary/aromatic N) is 2. The van der Waals surface area contributed by atoms with Crippen molar-refractivity contribution in [3.63, 3.8) is 0 Å². The Hall–Kier alpha value is -4.93. The highest BCUT2D eigenvalue weighted by Crippen LogP contribution is 2.13. The van der Waals surface area contributed by atoms with E-state index in [0.29, 0.717) is 43.4 Å². The molecule has 0 aliphatic heterocycles. The Bertz CT molecular complexity index is 1180. The highest BCUT2D eigenvalue weighted by Gasteiger charge is 2.17. The van der Waals surface area contributed by atoms with E-state index in [2.05, 4.69) is 21.4 Å². The molecule has 0 aliphatic carbocycles. The number of likely N-dealkylation sites (N-methyl/N-ethyl adjacent to an activating group) is 1. The van der Waals surface area contributed by atoms with E-state index >= 15 is 0 Å². The number of benzene rings is 1. The van der Waals surface area contributed by atoms with Crippen molar-refractivity contribution in [1.82, 2.24) is 31.2 Å². The number of carbonyl (C=O) groups excluding carboxylic acids is 6. The first-order chi connectivity index (χ1) is 21.8. The lowest BCUT2D eigenvalue weighted by Crippen LogP contribution is -2.50. The van der Waals surface area contributed by atoms with Gasteiger partial charge < -0.3 is 51.0 Å².